The van der Waals surface area contributed by atoms with Gasteiger partial charge in [-0.05, 0) is 42.2 Å². The summed E-state index contributed by atoms with van der Waals surface area (Å²) in [5, 5.41) is 4.96. The smallest absolute Gasteiger partial charge is 0.230 e. The maximum Gasteiger partial charge on any atom is 0.230 e. The number of benzene rings is 2. The van der Waals surface area contributed by atoms with Crippen LogP contribution in [0.1, 0.15) is 32.0 Å². The summed E-state index contributed by atoms with van der Waals surface area (Å²) in [6.07, 6.45) is 3.32. The standard InChI is InChI=1S/C25H27N3O2S/c1-4-18-5-7-19(8-6-18)23-14-28-21(16-31-25(28)27-23)13-24(29)26-20-9-11-22(12-10-20)30-15-17(2)3/h5-12,14,16-17H,4,13,15H2,1-3H3,(H,26,29). The average molecular weight is 434 g/mol. The van der Waals surface area contributed by atoms with E-state index in [2.05, 4.69) is 50.4 Å². The fourth-order valence-electron chi connectivity index (χ4n) is 3.27. The summed E-state index contributed by atoms with van der Waals surface area (Å²) >= 11 is 1.55. The van der Waals surface area contributed by atoms with Crippen LogP contribution < -0.4 is 10.1 Å². The molecule has 2 heterocycles. The first-order chi connectivity index (χ1) is 15.0. The lowest BCUT2D eigenvalue weighted by molar-refractivity contribution is -0.115. The number of aryl methyl sites for hydroxylation is 1. The van der Waals surface area contributed by atoms with Gasteiger partial charge >= 0.3 is 0 Å². The Morgan fingerprint density at radius 1 is 1.13 bits per heavy atom. The molecule has 1 amide bonds. The molecule has 0 radical (unpaired) electrons. The van der Waals surface area contributed by atoms with Crippen molar-refractivity contribution < 1.29 is 9.53 Å². The summed E-state index contributed by atoms with van der Waals surface area (Å²) in [7, 11) is 0. The fourth-order valence-corrected chi connectivity index (χ4v) is 4.15. The van der Waals surface area contributed by atoms with Gasteiger partial charge in [-0.1, -0.05) is 45.0 Å². The Hall–Kier alpha value is -3.12. The van der Waals surface area contributed by atoms with E-state index in [0.29, 0.717) is 12.5 Å². The highest BCUT2D eigenvalue weighted by molar-refractivity contribution is 7.15. The number of carbonyl (C=O) groups excluding carboxylic acids is 1. The van der Waals surface area contributed by atoms with Gasteiger partial charge in [0.25, 0.3) is 0 Å². The van der Waals surface area contributed by atoms with E-state index in [1.165, 1.54) is 5.56 Å². The second-order valence-corrected chi connectivity index (χ2v) is 8.85. The lowest BCUT2D eigenvalue weighted by Gasteiger charge is -2.10. The lowest BCUT2D eigenvalue weighted by Crippen LogP contribution is -2.15. The molecular weight excluding hydrogens is 406 g/mol. The van der Waals surface area contributed by atoms with Gasteiger partial charge in [0.1, 0.15) is 5.75 Å². The first kappa shape index (κ1) is 21.1. The third-order valence-electron chi connectivity index (χ3n) is 5.00. The summed E-state index contributed by atoms with van der Waals surface area (Å²) < 4.78 is 7.70. The molecule has 0 fully saturated rings. The van der Waals surface area contributed by atoms with Crippen LogP contribution in [0.25, 0.3) is 16.2 Å². The number of imidazole rings is 1. The van der Waals surface area contributed by atoms with E-state index in [9.17, 15) is 4.79 Å². The molecule has 2 aromatic carbocycles. The number of fused-ring (bicyclic) bond motifs is 1. The third-order valence-corrected chi connectivity index (χ3v) is 5.89. The molecule has 6 heteroatoms. The van der Waals surface area contributed by atoms with Crippen molar-refractivity contribution in [1.82, 2.24) is 9.38 Å². The quantitative estimate of drug-likeness (QED) is 0.380. The second kappa shape index (κ2) is 9.35. The van der Waals surface area contributed by atoms with Gasteiger partial charge in [-0.15, -0.1) is 11.3 Å². The van der Waals surface area contributed by atoms with E-state index in [4.69, 9.17) is 9.72 Å². The third kappa shape index (κ3) is 5.14. The zero-order chi connectivity index (χ0) is 21.8. The SMILES string of the molecule is CCc1ccc(-c2cn3c(CC(=O)Nc4ccc(OCC(C)C)cc4)csc3n2)cc1. The molecule has 0 aliphatic rings. The van der Waals surface area contributed by atoms with Gasteiger partial charge in [0.15, 0.2) is 4.96 Å². The molecule has 0 bridgehead atoms. The first-order valence-electron chi connectivity index (χ1n) is 10.6. The summed E-state index contributed by atoms with van der Waals surface area (Å²) in [4.78, 5) is 18.2. The van der Waals surface area contributed by atoms with Crippen molar-refractivity contribution in [2.24, 2.45) is 5.92 Å². The summed E-state index contributed by atoms with van der Waals surface area (Å²) in [6.45, 7) is 7.05. The van der Waals surface area contributed by atoms with Gasteiger partial charge in [-0.25, -0.2) is 4.98 Å². The summed E-state index contributed by atoms with van der Waals surface area (Å²) in [5.74, 6) is 1.23. The monoisotopic (exact) mass is 433 g/mol. The number of anilines is 1. The van der Waals surface area contributed by atoms with Crippen molar-refractivity contribution in [3.8, 4) is 17.0 Å². The molecule has 0 spiro atoms. The van der Waals surface area contributed by atoms with E-state index in [-0.39, 0.29) is 12.3 Å². The van der Waals surface area contributed by atoms with Gasteiger partial charge in [0.05, 0.1) is 18.7 Å². The number of hydrogen-bond acceptors (Lipinski definition) is 4. The van der Waals surface area contributed by atoms with Crippen LogP contribution in [0.15, 0.2) is 60.1 Å². The molecule has 5 nitrogen and oxygen atoms in total. The van der Waals surface area contributed by atoms with Crippen LogP contribution in [0.4, 0.5) is 5.69 Å². The highest BCUT2D eigenvalue weighted by Gasteiger charge is 2.13. The minimum atomic E-state index is -0.0573. The van der Waals surface area contributed by atoms with E-state index in [0.717, 1.165) is 39.8 Å². The number of rotatable bonds is 8. The largest absolute Gasteiger partial charge is 0.493 e. The van der Waals surface area contributed by atoms with E-state index in [1.54, 1.807) is 11.3 Å². The van der Waals surface area contributed by atoms with Crippen molar-refractivity contribution in [3.05, 3.63) is 71.4 Å². The molecule has 160 valence electrons. The van der Waals surface area contributed by atoms with Crippen LogP contribution in [-0.4, -0.2) is 21.9 Å². The molecule has 2 aromatic heterocycles. The molecule has 4 rings (SSSR count). The number of aromatic nitrogens is 2. The highest BCUT2D eigenvalue weighted by Crippen LogP contribution is 2.25. The lowest BCUT2D eigenvalue weighted by atomic mass is 10.1. The second-order valence-electron chi connectivity index (χ2n) is 8.01. The zero-order valence-corrected chi connectivity index (χ0v) is 18.9. The Bertz CT molecular complexity index is 1160. The minimum Gasteiger partial charge on any atom is -0.493 e. The minimum absolute atomic E-state index is 0.0573. The number of nitrogens with one attached hydrogen (secondary N) is 1. The molecule has 0 aliphatic carbocycles. The fraction of sp³-hybridized carbons (Fsp3) is 0.280. The maximum atomic E-state index is 12.6. The van der Waals surface area contributed by atoms with Crippen molar-refractivity contribution >= 4 is 27.9 Å². The van der Waals surface area contributed by atoms with Crippen LogP contribution in [0.2, 0.25) is 0 Å². The normalized spacial score (nSPS) is 11.2. The van der Waals surface area contributed by atoms with Crippen molar-refractivity contribution in [2.45, 2.75) is 33.6 Å². The molecule has 0 saturated carbocycles. The van der Waals surface area contributed by atoms with Crippen LogP contribution in [0.5, 0.6) is 5.75 Å². The molecule has 31 heavy (non-hydrogen) atoms. The molecule has 4 aromatic rings. The van der Waals surface area contributed by atoms with E-state index in [1.807, 2.05) is 40.2 Å². The molecule has 0 unspecified atom stereocenters. The van der Waals surface area contributed by atoms with Crippen molar-refractivity contribution in [1.29, 1.82) is 0 Å². The van der Waals surface area contributed by atoms with E-state index < -0.39 is 0 Å². The van der Waals surface area contributed by atoms with Gasteiger partial charge in [0.2, 0.25) is 5.91 Å². The molecule has 0 atom stereocenters. The predicted octanol–water partition coefficient (Wildman–Crippen LogP) is 5.84. The molecular formula is C25H27N3O2S. The Labute approximate surface area is 186 Å². The summed E-state index contributed by atoms with van der Waals surface area (Å²) in [6, 6.07) is 16.0. The van der Waals surface area contributed by atoms with Crippen LogP contribution in [0, 0.1) is 5.92 Å². The zero-order valence-electron chi connectivity index (χ0n) is 18.1. The van der Waals surface area contributed by atoms with E-state index >= 15 is 0 Å². The topological polar surface area (TPSA) is 55.6 Å². The van der Waals surface area contributed by atoms with Crippen molar-refractivity contribution in [2.75, 3.05) is 11.9 Å². The predicted molar refractivity (Wildman–Crippen MR) is 127 cm³/mol. The Kier molecular flexibility index (Phi) is 6.37. The number of hydrogen-bond donors (Lipinski definition) is 1. The average Bonchev–Trinajstić information content (AvgIpc) is 3.35. The highest BCUT2D eigenvalue weighted by atomic mass is 32.1. The van der Waals surface area contributed by atoms with Crippen LogP contribution >= 0.6 is 11.3 Å². The first-order valence-corrected chi connectivity index (χ1v) is 11.5. The summed E-state index contributed by atoms with van der Waals surface area (Å²) in [5.41, 5.74) is 5.01. The molecule has 0 saturated heterocycles. The number of ether oxygens (including phenoxy) is 1. The molecule has 1 N–H and O–H groups in total. The van der Waals surface area contributed by atoms with Crippen molar-refractivity contribution in [3.63, 3.8) is 0 Å². The van der Waals surface area contributed by atoms with Gasteiger partial charge in [-0.3, -0.25) is 9.20 Å². The maximum absolute atomic E-state index is 12.6. The number of carbonyl (C=O) groups is 1. The molecule has 0 aliphatic heterocycles. The Morgan fingerprint density at radius 3 is 2.55 bits per heavy atom. The van der Waals surface area contributed by atoms with Gasteiger partial charge < -0.3 is 10.1 Å². The van der Waals surface area contributed by atoms with Gasteiger partial charge in [-0.2, -0.15) is 0 Å². The van der Waals surface area contributed by atoms with Gasteiger partial charge in [0, 0.05) is 28.5 Å². The number of amides is 1. The number of nitrogens with zero attached hydrogens (tertiary/aromatic N) is 2. The number of thiazole rings is 1. The van der Waals surface area contributed by atoms with Crippen LogP contribution in [-0.2, 0) is 17.6 Å². The van der Waals surface area contributed by atoms with Crippen LogP contribution in [0.3, 0.4) is 0 Å². The Morgan fingerprint density at radius 2 is 1.87 bits per heavy atom. The Balaban J connectivity index is 1.42.